The number of amides is 2. The van der Waals surface area contributed by atoms with E-state index in [-0.39, 0.29) is 17.6 Å². The Morgan fingerprint density at radius 3 is 2.46 bits per heavy atom. The predicted octanol–water partition coefficient (Wildman–Crippen LogP) is 3.83. The molecule has 1 heterocycles. The fourth-order valence-electron chi connectivity index (χ4n) is 2.16. The van der Waals surface area contributed by atoms with Crippen LogP contribution in [0.1, 0.15) is 15.4 Å². The summed E-state index contributed by atoms with van der Waals surface area (Å²) >= 11 is 2.76. The van der Waals surface area contributed by atoms with Gasteiger partial charge in [-0.1, -0.05) is 53.4 Å². The molecule has 1 aromatic heterocycles. The molecule has 0 spiro atoms. The first-order valence-electron chi connectivity index (χ1n) is 7.80. The molecule has 0 aliphatic carbocycles. The number of aryl methyl sites for hydroxylation is 1. The van der Waals surface area contributed by atoms with Gasteiger partial charge in [0.15, 0.2) is 4.34 Å². The Kier molecular flexibility index (Phi) is 5.98. The molecule has 0 saturated carbocycles. The fraction of sp³-hybridized carbons (Fsp3) is 0.111. The topological polar surface area (TPSA) is 84.0 Å². The van der Waals surface area contributed by atoms with Crippen LogP contribution >= 0.6 is 23.1 Å². The molecule has 0 saturated heterocycles. The van der Waals surface area contributed by atoms with E-state index in [4.69, 9.17) is 0 Å². The molecule has 26 heavy (non-hydrogen) atoms. The van der Waals surface area contributed by atoms with Crippen LogP contribution in [0.15, 0.2) is 58.9 Å². The minimum atomic E-state index is -0.278. The number of hydrogen-bond acceptors (Lipinski definition) is 6. The van der Waals surface area contributed by atoms with Crippen molar-refractivity contribution < 1.29 is 9.59 Å². The molecule has 0 aliphatic rings. The van der Waals surface area contributed by atoms with Crippen molar-refractivity contribution in [2.45, 2.75) is 11.3 Å². The van der Waals surface area contributed by atoms with Crippen molar-refractivity contribution in [3.05, 3.63) is 65.2 Å². The van der Waals surface area contributed by atoms with Crippen molar-refractivity contribution in [3.63, 3.8) is 0 Å². The van der Waals surface area contributed by atoms with E-state index in [1.54, 1.807) is 36.4 Å². The van der Waals surface area contributed by atoms with E-state index in [2.05, 4.69) is 20.8 Å². The number of nitrogens with zero attached hydrogens (tertiary/aromatic N) is 2. The lowest BCUT2D eigenvalue weighted by Crippen LogP contribution is -2.19. The van der Waals surface area contributed by atoms with Crippen LogP contribution in [0, 0.1) is 6.92 Å². The van der Waals surface area contributed by atoms with Gasteiger partial charge in [-0.15, -0.1) is 10.2 Å². The van der Waals surface area contributed by atoms with Crippen LogP contribution in [0.5, 0.6) is 0 Å². The molecule has 3 rings (SSSR count). The van der Waals surface area contributed by atoms with Gasteiger partial charge in [-0.3, -0.25) is 9.59 Å². The first kappa shape index (κ1) is 18.1. The van der Waals surface area contributed by atoms with Gasteiger partial charge in [0.2, 0.25) is 5.91 Å². The molecule has 0 bridgehead atoms. The van der Waals surface area contributed by atoms with E-state index in [0.717, 1.165) is 9.35 Å². The Labute approximate surface area is 159 Å². The molecule has 0 fully saturated rings. The molecular weight excluding hydrogens is 368 g/mol. The largest absolute Gasteiger partial charge is 0.325 e. The van der Waals surface area contributed by atoms with E-state index in [1.807, 2.05) is 25.1 Å². The fourth-order valence-corrected chi connectivity index (χ4v) is 3.78. The smallest absolute Gasteiger partial charge is 0.257 e. The number of aromatic nitrogens is 2. The third kappa shape index (κ3) is 4.90. The molecule has 2 aromatic carbocycles. The number of anilines is 2. The van der Waals surface area contributed by atoms with Gasteiger partial charge < -0.3 is 10.6 Å². The summed E-state index contributed by atoms with van der Waals surface area (Å²) in [5.74, 6) is -0.286. The first-order valence-corrected chi connectivity index (χ1v) is 9.60. The van der Waals surface area contributed by atoms with E-state index < -0.39 is 0 Å². The maximum absolute atomic E-state index is 12.5. The predicted molar refractivity (Wildman–Crippen MR) is 105 cm³/mol. The van der Waals surface area contributed by atoms with E-state index in [0.29, 0.717) is 16.9 Å². The Morgan fingerprint density at radius 1 is 1.00 bits per heavy atom. The zero-order chi connectivity index (χ0) is 18.4. The maximum atomic E-state index is 12.5. The molecule has 0 atom stereocenters. The van der Waals surface area contributed by atoms with Crippen molar-refractivity contribution in [1.82, 2.24) is 10.2 Å². The second-order valence-electron chi connectivity index (χ2n) is 5.29. The lowest BCUT2D eigenvalue weighted by molar-refractivity contribution is -0.113. The molecule has 0 aliphatic heterocycles. The SMILES string of the molecule is Cc1nnc(SCC(=O)Nc2ccccc2C(=O)Nc2ccccc2)s1. The zero-order valence-corrected chi connectivity index (χ0v) is 15.6. The lowest BCUT2D eigenvalue weighted by atomic mass is 10.1. The first-order chi connectivity index (χ1) is 12.6. The third-order valence-corrected chi connectivity index (χ3v) is 5.28. The number of para-hydroxylation sites is 2. The monoisotopic (exact) mass is 384 g/mol. The molecule has 8 heteroatoms. The highest BCUT2D eigenvalue weighted by Gasteiger charge is 2.14. The van der Waals surface area contributed by atoms with Gasteiger partial charge in [0.05, 0.1) is 17.0 Å². The summed E-state index contributed by atoms with van der Waals surface area (Å²) in [6.45, 7) is 1.86. The molecule has 132 valence electrons. The summed E-state index contributed by atoms with van der Waals surface area (Å²) in [5.41, 5.74) is 1.57. The molecular formula is C18H16N4O2S2. The van der Waals surface area contributed by atoms with Crippen LogP contribution in [-0.4, -0.2) is 27.8 Å². The highest BCUT2D eigenvalue weighted by Crippen LogP contribution is 2.23. The second kappa shape index (κ2) is 8.59. The van der Waals surface area contributed by atoms with Gasteiger partial charge in [-0.05, 0) is 31.2 Å². The van der Waals surface area contributed by atoms with Gasteiger partial charge in [-0.2, -0.15) is 0 Å². The van der Waals surface area contributed by atoms with Crippen LogP contribution < -0.4 is 10.6 Å². The molecule has 2 amide bonds. The normalized spacial score (nSPS) is 10.3. The van der Waals surface area contributed by atoms with Crippen LogP contribution in [0.2, 0.25) is 0 Å². The van der Waals surface area contributed by atoms with Gasteiger partial charge in [0.1, 0.15) is 5.01 Å². The summed E-state index contributed by atoms with van der Waals surface area (Å²) < 4.78 is 0.743. The minimum Gasteiger partial charge on any atom is -0.325 e. The Morgan fingerprint density at radius 2 is 1.73 bits per heavy atom. The number of nitrogens with one attached hydrogen (secondary N) is 2. The van der Waals surface area contributed by atoms with Crippen molar-refractivity contribution in [1.29, 1.82) is 0 Å². The molecule has 3 aromatic rings. The summed E-state index contributed by atoms with van der Waals surface area (Å²) in [6.07, 6.45) is 0. The van der Waals surface area contributed by atoms with Crippen LogP contribution in [0.4, 0.5) is 11.4 Å². The van der Waals surface area contributed by atoms with Crippen molar-refractivity contribution in [2.24, 2.45) is 0 Å². The van der Waals surface area contributed by atoms with Crippen molar-refractivity contribution in [2.75, 3.05) is 16.4 Å². The number of hydrogen-bond donors (Lipinski definition) is 2. The van der Waals surface area contributed by atoms with Crippen LogP contribution in [0.3, 0.4) is 0 Å². The zero-order valence-electron chi connectivity index (χ0n) is 13.9. The van der Waals surface area contributed by atoms with E-state index in [1.165, 1.54) is 23.1 Å². The maximum Gasteiger partial charge on any atom is 0.257 e. The standard InChI is InChI=1S/C18H16N4O2S2/c1-12-21-22-18(26-12)25-11-16(23)20-15-10-6-5-9-14(15)17(24)19-13-7-3-2-4-8-13/h2-10H,11H2,1H3,(H,19,24)(H,20,23). The van der Waals surface area contributed by atoms with E-state index >= 15 is 0 Å². The van der Waals surface area contributed by atoms with Crippen molar-refractivity contribution in [3.8, 4) is 0 Å². The molecule has 0 radical (unpaired) electrons. The van der Waals surface area contributed by atoms with Crippen molar-refractivity contribution >= 4 is 46.3 Å². The Bertz CT molecular complexity index is 912. The Hall–Kier alpha value is -2.71. The lowest BCUT2D eigenvalue weighted by Gasteiger charge is -2.11. The average molecular weight is 384 g/mol. The van der Waals surface area contributed by atoms with Crippen LogP contribution in [0.25, 0.3) is 0 Å². The second-order valence-corrected chi connectivity index (χ2v) is 7.69. The van der Waals surface area contributed by atoms with Crippen LogP contribution in [-0.2, 0) is 4.79 Å². The molecule has 0 unspecified atom stereocenters. The number of rotatable bonds is 6. The number of carbonyl (C=O) groups excluding carboxylic acids is 2. The van der Waals surface area contributed by atoms with Gasteiger partial charge >= 0.3 is 0 Å². The summed E-state index contributed by atoms with van der Waals surface area (Å²) in [5, 5.41) is 14.4. The van der Waals surface area contributed by atoms with Gasteiger partial charge in [0, 0.05) is 5.69 Å². The minimum absolute atomic E-state index is 0.198. The highest BCUT2D eigenvalue weighted by molar-refractivity contribution is 8.01. The van der Waals surface area contributed by atoms with Gasteiger partial charge in [-0.25, -0.2) is 0 Å². The quantitative estimate of drug-likeness (QED) is 0.631. The summed E-state index contributed by atoms with van der Waals surface area (Å²) in [7, 11) is 0. The highest BCUT2D eigenvalue weighted by atomic mass is 32.2. The number of benzene rings is 2. The molecule has 2 N–H and O–H groups in total. The van der Waals surface area contributed by atoms with Gasteiger partial charge in [0.25, 0.3) is 5.91 Å². The summed E-state index contributed by atoms with van der Waals surface area (Å²) in [4.78, 5) is 24.7. The number of thioether (sulfide) groups is 1. The third-order valence-electron chi connectivity index (χ3n) is 3.31. The number of carbonyl (C=O) groups is 2. The average Bonchev–Trinajstić information content (AvgIpc) is 3.06. The molecule has 6 nitrogen and oxygen atoms in total. The Balaban J connectivity index is 1.64. The summed E-state index contributed by atoms with van der Waals surface area (Å²) in [6, 6.07) is 16.1. The van der Waals surface area contributed by atoms with E-state index in [9.17, 15) is 9.59 Å².